The van der Waals surface area contributed by atoms with Crippen LogP contribution in [0.5, 0.6) is 28.7 Å². The summed E-state index contributed by atoms with van der Waals surface area (Å²) in [5.74, 6) is 2.40. The third-order valence-electron chi connectivity index (χ3n) is 4.29. The van der Waals surface area contributed by atoms with E-state index in [0.717, 1.165) is 5.56 Å². The Balaban J connectivity index is 2.14. The molecule has 2 aromatic rings. The van der Waals surface area contributed by atoms with E-state index in [1.807, 2.05) is 25.1 Å². The van der Waals surface area contributed by atoms with E-state index in [9.17, 15) is 4.79 Å². The van der Waals surface area contributed by atoms with Crippen LogP contribution in [-0.4, -0.2) is 47.5 Å². The number of amides is 1. The van der Waals surface area contributed by atoms with Crippen molar-refractivity contribution in [3.63, 3.8) is 0 Å². The number of carbonyl (C=O) groups is 1. The smallest absolute Gasteiger partial charge is 0.251 e. The molecule has 0 radical (unpaired) electrons. The lowest BCUT2D eigenvalue weighted by atomic mass is 10.1. The Hall–Kier alpha value is -3.09. The summed E-state index contributed by atoms with van der Waals surface area (Å²) >= 11 is 0. The van der Waals surface area contributed by atoms with Crippen LogP contribution >= 0.6 is 0 Å². The minimum absolute atomic E-state index is 0.107. The SMILES string of the molecule is COc1ccc(C[C@@H](C)NC(=O)c2cc(OC)c(OC)c(OC)c2)cc1OC. The highest BCUT2D eigenvalue weighted by molar-refractivity contribution is 5.95. The van der Waals surface area contributed by atoms with Crippen molar-refractivity contribution >= 4 is 5.91 Å². The molecule has 7 nitrogen and oxygen atoms in total. The Labute approximate surface area is 165 Å². The summed E-state index contributed by atoms with van der Waals surface area (Å²) in [5, 5.41) is 2.99. The van der Waals surface area contributed by atoms with Crippen molar-refractivity contribution in [2.45, 2.75) is 19.4 Å². The molecule has 2 aromatic carbocycles. The Morgan fingerprint density at radius 1 is 0.821 bits per heavy atom. The highest BCUT2D eigenvalue weighted by Gasteiger charge is 2.18. The molecule has 0 unspecified atom stereocenters. The van der Waals surface area contributed by atoms with Gasteiger partial charge in [-0.25, -0.2) is 0 Å². The number of nitrogens with one attached hydrogen (secondary N) is 1. The molecule has 0 aliphatic heterocycles. The largest absolute Gasteiger partial charge is 0.493 e. The van der Waals surface area contributed by atoms with Crippen molar-refractivity contribution in [3.8, 4) is 28.7 Å². The lowest BCUT2D eigenvalue weighted by Crippen LogP contribution is -2.34. The Bertz CT molecular complexity index is 796. The molecule has 0 saturated carbocycles. The average molecular weight is 389 g/mol. The van der Waals surface area contributed by atoms with E-state index in [4.69, 9.17) is 23.7 Å². The quantitative estimate of drug-likeness (QED) is 0.710. The summed E-state index contributed by atoms with van der Waals surface area (Å²) < 4.78 is 26.5. The van der Waals surface area contributed by atoms with Gasteiger partial charge in [0, 0.05) is 11.6 Å². The molecule has 0 aromatic heterocycles. The summed E-state index contributed by atoms with van der Waals surface area (Å²) in [7, 11) is 7.73. The average Bonchev–Trinajstić information content (AvgIpc) is 2.72. The molecule has 152 valence electrons. The minimum Gasteiger partial charge on any atom is -0.493 e. The molecule has 0 spiro atoms. The van der Waals surface area contributed by atoms with Crippen LogP contribution in [0.1, 0.15) is 22.8 Å². The van der Waals surface area contributed by atoms with Crippen LogP contribution in [0.4, 0.5) is 0 Å². The van der Waals surface area contributed by atoms with Gasteiger partial charge in [-0.2, -0.15) is 0 Å². The van der Waals surface area contributed by atoms with E-state index >= 15 is 0 Å². The number of hydrogen-bond donors (Lipinski definition) is 1. The summed E-state index contributed by atoms with van der Waals surface area (Å²) in [6.45, 7) is 1.94. The maximum atomic E-state index is 12.7. The molecule has 1 atom stereocenters. The first-order chi connectivity index (χ1) is 13.5. The van der Waals surface area contributed by atoms with Crippen molar-refractivity contribution in [1.29, 1.82) is 0 Å². The van der Waals surface area contributed by atoms with E-state index in [-0.39, 0.29) is 11.9 Å². The lowest BCUT2D eigenvalue weighted by molar-refractivity contribution is 0.0939. The van der Waals surface area contributed by atoms with Gasteiger partial charge in [-0.15, -0.1) is 0 Å². The second-order valence-electron chi connectivity index (χ2n) is 6.18. The monoisotopic (exact) mass is 389 g/mol. The third-order valence-corrected chi connectivity index (χ3v) is 4.29. The van der Waals surface area contributed by atoms with E-state index in [1.165, 1.54) is 21.3 Å². The number of methoxy groups -OCH3 is 5. The zero-order valence-electron chi connectivity index (χ0n) is 17.1. The normalized spacial score (nSPS) is 11.4. The maximum Gasteiger partial charge on any atom is 0.251 e. The molecular formula is C21H27NO6. The molecule has 0 aliphatic rings. The molecule has 0 saturated heterocycles. The van der Waals surface area contributed by atoms with Gasteiger partial charge < -0.3 is 29.0 Å². The van der Waals surface area contributed by atoms with E-state index in [2.05, 4.69) is 5.32 Å². The first kappa shape index (κ1) is 21.2. The Morgan fingerprint density at radius 2 is 1.39 bits per heavy atom. The van der Waals surface area contributed by atoms with Crippen LogP contribution in [0, 0.1) is 0 Å². The van der Waals surface area contributed by atoms with Crippen molar-refractivity contribution in [1.82, 2.24) is 5.32 Å². The van der Waals surface area contributed by atoms with E-state index in [1.54, 1.807) is 26.4 Å². The maximum absolute atomic E-state index is 12.7. The Morgan fingerprint density at radius 3 is 1.89 bits per heavy atom. The van der Waals surface area contributed by atoms with Crippen molar-refractivity contribution in [2.75, 3.05) is 35.5 Å². The van der Waals surface area contributed by atoms with Crippen LogP contribution in [0.2, 0.25) is 0 Å². The molecular weight excluding hydrogens is 362 g/mol. The van der Waals surface area contributed by atoms with Gasteiger partial charge in [0.25, 0.3) is 5.91 Å². The number of ether oxygens (including phenoxy) is 5. The highest BCUT2D eigenvalue weighted by Crippen LogP contribution is 2.38. The van der Waals surface area contributed by atoms with Crippen LogP contribution in [0.15, 0.2) is 30.3 Å². The van der Waals surface area contributed by atoms with Gasteiger partial charge in [0.15, 0.2) is 23.0 Å². The molecule has 1 amide bonds. The zero-order chi connectivity index (χ0) is 20.7. The summed E-state index contributed by atoms with van der Waals surface area (Å²) in [6, 6.07) is 8.84. The molecule has 28 heavy (non-hydrogen) atoms. The van der Waals surface area contributed by atoms with Crippen LogP contribution < -0.4 is 29.0 Å². The summed E-state index contributed by atoms with van der Waals surface area (Å²) in [6.07, 6.45) is 0.635. The van der Waals surface area contributed by atoms with E-state index < -0.39 is 0 Å². The van der Waals surface area contributed by atoms with Gasteiger partial charge in [-0.3, -0.25) is 4.79 Å². The fourth-order valence-electron chi connectivity index (χ4n) is 2.93. The Kier molecular flexibility index (Phi) is 7.37. The fraction of sp³-hybridized carbons (Fsp3) is 0.381. The second-order valence-corrected chi connectivity index (χ2v) is 6.18. The van der Waals surface area contributed by atoms with Gasteiger partial charge in [0.2, 0.25) is 5.75 Å². The molecule has 2 rings (SSSR count). The standard InChI is InChI=1S/C21H27NO6/c1-13(9-14-7-8-16(24-2)17(10-14)25-3)22-21(23)15-11-18(26-4)20(28-6)19(12-15)27-5/h7-8,10-13H,9H2,1-6H3,(H,22,23)/t13-/m1/s1. The van der Waals surface area contributed by atoms with E-state index in [0.29, 0.717) is 40.7 Å². The van der Waals surface area contributed by atoms with Gasteiger partial charge in [0.05, 0.1) is 35.5 Å². The molecule has 0 heterocycles. The number of rotatable bonds is 9. The minimum atomic E-state index is -0.229. The number of carbonyl (C=O) groups excluding carboxylic acids is 1. The molecule has 0 bridgehead atoms. The predicted octanol–water partition coefficient (Wildman–Crippen LogP) is 3.09. The van der Waals surface area contributed by atoms with Gasteiger partial charge in [0.1, 0.15) is 0 Å². The highest BCUT2D eigenvalue weighted by atomic mass is 16.5. The fourth-order valence-corrected chi connectivity index (χ4v) is 2.93. The first-order valence-corrected chi connectivity index (χ1v) is 8.79. The lowest BCUT2D eigenvalue weighted by Gasteiger charge is -2.17. The summed E-state index contributed by atoms with van der Waals surface area (Å²) in [5.41, 5.74) is 1.45. The predicted molar refractivity (Wildman–Crippen MR) is 106 cm³/mol. The summed E-state index contributed by atoms with van der Waals surface area (Å²) in [4.78, 5) is 12.7. The van der Waals surface area contributed by atoms with Crippen LogP contribution in [0.25, 0.3) is 0 Å². The second kappa shape index (κ2) is 9.73. The van der Waals surface area contributed by atoms with Crippen molar-refractivity contribution < 1.29 is 28.5 Å². The van der Waals surface area contributed by atoms with Gasteiger partial charge in [-0.1, -0.05) is 6.07 Å². The van der Waals surface area contributed by atoms with Crippen molar-refractivity contribution in [3.05, 3.63) is 41.5 Å². The van der Waals surface area contributed by atoms with Gasteiger partial charge in [-0.05, 0) is 43.2 Å². The van der Waals surface area contributed by atoms with Crippen LogP contribution in [-0.2, 0) is 6.42 Å². The molecule has 0 fully saturated rings. The zero-order valence-corrected chi connectivity index (χ0v) is 17.1. The number of benzene rings is 2. The van der Waals surface area contributed by atoms with Crippen LogP contribution in [0.3, 0.4) is 0 Å². The molecule has 0 aliphatic carbocycles. The van der Waals surface area contributed by atoms with Gasteiger partial charge >= 0.3 is 0 Å². The van der Waals surface area contributed by atoms with Crippen molar-refractivity contribution in [2.24, 2.45) is 0 Å². The first-order valence-electron chi connectivity index (χ1n) is 8.79. The third kappa shape index (κ3) is 4.79. The molecule has 7 heteroatoms. The molecule has 1 N–H and O–H groups in total. The number of hydrogen-bond acceptors (Lipinski definition) is 6. The topological polar surface area (TPSA) is 75.3 Å².